The molecule has 0 radical (unpaired) electrons. The first-order valence-electron chi connectivity index (χ1n) is 5.51. The van der Waals surface area contributed by atoms with Crippen LogP contribution in [-0.4, -0.2) is 14.2 Å². The van der Waals surface area contributed by atoms with E-state index in [9.17, 15) is 0 Å². The Morgan fingerprint density at radius 2 is 2.27 bits per heavy atom. The number of nitrogens with one attached hydrogen (secondary N) is 1. The molecule has 1 aromatic rings. The van der Waals surface area contributed by atoms with E-state index in [0.717, 1.165) is 11.7 Å². The van der Waals surface area contributed by atoms with Crippen LogP contribution in [0.4, 0.5) is 0 Å². The van der Waals surface area contributed by atoms with Gasteiger partial charge in [-0.3, -0.25) is 0 Å². The van der Waals surface area contributed by atoms with Gasteiger partial charge in [-0.05, 0) is 30.8 Å². The van der Waals surface area contributed by atoms with Gasteiger partial charge >= 0.3 is 0 Å². The van der Waals surface area contributed by atoms with Crippen LogP contribution in [0.1, 0.15) is 37.6 Å². The Hall–Kier alpha value is -0.540. The average molecular weight is 227 g/mol. The number of thiophene rings is 1. The van der Waals surface area contributed by atoms with E-state index in [0.29, 0.717) is 6.04 Å². The summed E-state index contributed by atoms with van der Waals surface area (Å²) in [6.07, 6.45) is 2.40. The van der Waals surface area contributed by atoms with Crippen LogP contribution in [0, 0.1) is 5.92 Å². The van der Waals surface area contributed by atoms with Gasteiger partial charge in [-0.2, -0.15) is 0 Å². The van der Waals surface area contributed by atoms with E-state index in [4.69, 9.17) is 4.74 Å². The summed E-state index contributed by atoms with van der Waals surface area (Å²) in [6.45, 7) is 4.54. The molecule has 1 heterocycles. The van der Waals surface area contributed by atoms with Crippen LogP contribution in [0.2, 0.25) is 0 Å². The van der Waals surface area contributed by atoms with Crippen LogP contribution in [0.15, 0.2) is 11.4 Å². The minimum Gasteiger partial charge on any atom is -0.496 e. The summed E-state index contributed by atoms with van der Waals surface area (Å²) in [5.41, 5.74) is 0. The highest BCUT2D eigenvalue weighted by Gasteiger charge is 2.17. The maximum Gasteiger partial charge on any atom is 0.134 e. The van der Waals surface area contributed by atoms with Gasteiger partial charge in [0.2, 0.25) is 0 Å². The highest BCUT2D eigenvalue weighted by atomic mass is 32.1. The number of hydrogen-bond acceptors (Lipinski definition) is 3. The summed E-state index contributed by atoms with van der Waals surface area (Å²) in [7, 11) is 3.76. The average Bonchev–Trinajstić information content (AvgIpc) is 2.73. The predicted molar refractivity (Wildman–Crippen MR) is 66.7 cm³/mol. The van der Waals surface area contributed by atoms with Crippen molar-refractivity contribution >= 4 is 11.3 Å². The SMILES string of the molecule is CCC(C)CC(NC)c1sccc1OC. The molecule has 2 nitrogen and oxygen atoms in total. The van der Waals surface area contributed by atoms with E-state index in [1.54, 1.807) is 18.4 Å². The summed E-state index contributed by atoms with van der Waals surface area (Å²) in [4.78, 5) is 1.32. The van der Waals surface area contributed by atoms with Crippen LogP contribution in [0.5, 0.6) is 5.75 Å². The molecule has 0 aliphatic heterocycles. The van der Waals surface area contributed by atoms with Gasteiger partial charge in [0.05, 0.1) is 12.0 Å². The number of hydrogen-bond donors (Lipinski definition) is 1. The van der Waals surface area contributed by atoms with Crippen molar-refractivity contribution in [1.29, 1.82) is 0 Å². The minimum atomic E-state index is 0.426. The fraction of sp³-hybridized carbons (Fsp3) is 0.667. The third kappa shape index (κ3) is 3.21. The maximum absolute atomic E-state index is 5.35. The molecule has 2 atom stereocenters. The van der Waals surface area contributed by atoms with Crippen molar-refractivity contribution in [3.63, 3.8) is 0 Å². The Bertz CT molecular complexity index is 285. The van der Waals surface area contributed by atoms with Crippen LogP contribution >= 0.6 is 11.3 Å². The predicted octanol–water partition coefficient (Wildman–Crippen LogP) is 3.45. The molecular formula is C12H21NOS. The van der Waals surface area contributed by atoms with Crippen molar-refractivity contribution < 1.29 is 4.74 Å². The second-order valence-corrected chi connectivity index (χ2v) is 4.89. The monoisotopic (exact) mass is 227 g/mol. The molecule has 86 valence electrons. The number of methoxy groups -OCH3 is 1. The molecule has 0 aliphatic carbocycles. The van der Waals surface area contributed by atoms with Gasteiger partial charge < -0.3 is 10.1 Å². The lowest BCUT2D eigenvalue weighted by atomic mass is 9.98. The first-order valence-corrected chi connectivity index (χ1v) is 6.39. The van der Waals surface area contributed by atoms with Gasteiger partial charge in [0.25, 0.3) is 0 Å². The van der Waals surface area contributed by atoms with Gasteiger partial charge in [0.15, 0.2) is 0 Å². The summed E-state index contributed by atoms with van der Waals surface area (Å²) >= 11 is 1.77. The first kappa shape index (κ1) is 12.5. The standard InChI is InChI=1S/C12H21NOS/c1-5-9(2)8-10(13-3)12-11(14-4)6-7-15-12/h6-7,9-10,13H,5,8H2,1-4H3. The van der Waals surface area contributed by atoms with E-state index in [-0.39, 0.29) is 0 Å². The highest BCUT2D eigenvalue weighted by molar-refractivity contribution is 7.10. The van der Waals surface area contributed by atoms with Crippen molar-refractivity contribution in [2.75, 3.05) is 14.2 Å². The Balaban J connectivity index is 2.73. The zero-order valence-electron chi connectivity index (χ0n) is 10.0. The van der Waals surface area contributed by atoms with Crippen LogP contribution in [0.3, 0.4) is 0 Å². The Morgan fingerprint density at radius 3 is 2.80 bits per heavy atom. The molecule has 1 rings (SSSR count). The topological polar surface area (TPSA) is 21.3 Å². The molecule has 1 N–H and O–H groups in total. The summed E-state index contributed by atoms with van der Waals surface area (Å²) in [6, 6.07) is 2.47. The molecule has 0 spiro atoms. The van der Waals surface area contributed by atoms with Crippen molar-refractivity contribution in [2.45, 2.75) is 32.7 Å². The maximum atomic E-state index is 5.35. The molecule has 2 unspecified atom stereocenters. The van der Waals surface area contributed by atoms with Crippen LogP contribution < -0.4 is 10.1 Å². The smallest absolute Gasteiger partial charge is 0.134 e. The first-order chi connectivity index (χ1) is 7.22. The van der Waals surface area contributed by atoms with Crippen LogP contribution in [0.25, 0.3) is 0 Å². The van der Waals surface area contributed by atoms with E-state index in [1.165, 1.54) is 17.7 Å². The lowest BCUT2D eigenvalue weighted by Crippen LogP contribution is -2.18. The van der Waals surface area contributed by atoms with Gasteiger partial charge in [-0.25, -0.2) is 0 Å². The normalized spacial score (nSPS) is 14.9. The molecule has 3 heteroatoms. The van der Waals surface area contributed by atoms with Crippen molar-refractivity contribution in [1.82, 2.24) is 5.32 Å². The second-order valence-electron chi connectivity index (χ2n) is 3.94. The zero-order valence-corrected chi connectivity index (χ0v) is 10.9. The highest BCUT2D eigenvalue weighted by Crippen LogP contribution is 2.34. The molecule has 1 aromatic heterocycles. The molecule has 0 aliphatic rings. The molecule has 0 bridgehead atoms. The van der Waals surface area contributed by atoms with E-state index >= 15 is 0 Å². The minimum absolute atomic E-state index is 0.426. The van der Waals surface area contributed by atoms with Crippen molar-refractivity contribution in [3.8, 4) is 5.75 Å². The third-order valence-corrected chi connectivity index (χ3v) is 3.89. The molecular weight excluding hydrogens is 206 g/mol. The lowest BCUT2D eigenvalue weighted by Gasteiger charge is -2.19. The molecule has 0 aromatic carbocycles. The Labute approximate surface area is 96.7 Å². The fourth-order valence-corrected chi connectivity index (χ4v) is 2.64. The summed E-state index contributed by atoms with van der Waals surface area (Å²) < 4.78 is 5.35. The van der Waals surface area contributed by atoms with Crippen LogP contribution in [-0.2, 0) is 0 Å². The van der Waals surface area contributed by atoms with Gasteiger partial charge in [-0.15, -0.1) is 11.3 Å². The largest absolute Gasteiger partial charge is 0.496 e. The van der Waals surface area contributed by atoms with E-state index < -0.39 is 0 Å². The van der Waals surface area contributed by atoms with Crippen molar-refractivity contribution in [2.24, 2.45) is 5.92 Å². The molecule has 0 saturated heterocycles. The summed E-state index contributed by atoms with van der Waals surface area (Å²) in [5.74, 6) is 1.76. The Morgan fingerprint density at radius 1 is 1.53 bits per heavy atom. The van der Waals surface area contributed by atoms with Gasteiger partial charge in [0, 0.05) is 6.04 Å². The number of rotatable bonds is 6. The molecule has 0 saturated carbocycles. The Kier molecular flexibility index (Phi) is 5.12. The number of ether oxygens (including phenoxy) is 1. The fourth-order valence-electron chi connectivity index (χ4n) is 1.66. The lowest BCUT2D eigenvalue weighted by molar-refractivity contribution is 0.386. The molecule has 0 amide bonds. The van der Waals surface area contributed by atoms with E-state index in [2.05, 4.69) is 24.5 Å². The van der Waals surface area contributed by atoms with Gasteiger partial charge in [-0.1, -0.05) is 20.3 Å². The molecule has 0 fully saturated rings. The van der Waals surface area contributed by atoms with Gasteiger partial charge in [0.1, 0.15) is 5.75 Å². The third-order valence-electron chi connectivity index (χ3n) is 2.88. The molecule has 15 heavy (non-hydrogen) atoms. The zero-order chi connectivity index (χ0) is 11.3. The second kappa shape index (κ2) is 6.13. The quantitative estimate of drug-likeness (QED) is 0.803. The van der Waals surface area contributed by atoms with E-state index in [1.807, 2.05) is 13.1 Å². The summed E-state index contributed by atoms with van der Waals surface area (Å²) in [5, 5.41) is 5.47. The van der Waals surface area contributed by atoms with Crippen molar-refractivity contribution in [3.05, 3.63) is 16.3 Å².